The third-order valence-corrected chi connectivity index (χ3v) is 5.31. The summed E-state index contributed by atoms with van der Waals surface area (Å²) in [7, 11) is -4.45. The lowest BCUT2D eigenvalue weighted by Crippen LogP contribution is -2.34. The Morgan fingerprint density at radius 3 is 2.59 bits per heavy atom. The van der Waals surface area contributed by atoms with Crippen LogP contribution in [0, 0.1) is 10.1 Å². The largest absolute Gasteiger partial charge is 0.489 e. The van der Waals surface area contributed by atoms with Gasteiger partial charge in [0.1, 0.15) is 18.9 Å². The van der Waals surface area contributed by atoms with Gasteiger partial charge in [-0.2, -0.15) is 0 Å². The second kappa shape index (κ2) is 8.65. The van der Waals surface area contributed by atoms with E-state index in [0.29, 0.717) is 10.1 Å². The van der Waals surface area contributed by atoms with Crippen LogP contribution in [-0.4, -0.2) is 31.7 Å². The molecule has 0 heterocycles. The molecule has 0 saturated heterocycles. The summed E-state index contributed by atoms with van der Waals surface area (Å²) >= 11 is 5.42. The lowest BCUT2D eigenvalue weighted by Gasteiger charge is -2.23. The van der Waals surface area contributed by atoms with E-state index in [0.717, 1.165) is 12.1 Å². The zero-order valence-corrected chi connectivity index (χ0v) is 15.5. The van der Waals surface area contributed by atoms with Crippen LogP contribution >= 0.6 is 11.6 Å². The Kier molecular flexibility index (Phi) is 6.54. The van der Waals surface area contributed by atoms with Gasteiger partial charge >= 0.3 is 0 Å². The summed E-state index contributed by atoms with van der Waals surface area (Å²) in [5.41, 5.74) is -0.535. The van der Waals surface area contributed by atoms with Crippen molar-refractivity contribution in [2.75, 3.05) is 17.5 Å². The third-order valence-electron chi connectivity index (χ3n) is 3.37. The molecule has 0 bridgehead atoms. The molecule has 2 aromatic carbocycles. The smallest absolute Gasteiger partial charge is 0.289 e. The van der Waals surface area contributed by atoms with Gasteiger partial charge in [0.25, 0.3) is 15.7 Å². The summed E-state index contributed by atoms with van der Waals surface area (Å²) in [5, 5.41) is 10.3. The fraction of sp³-hybridized carbons (Fsp3) is 0.118. The molecule has 2 rings (SSSR count). The summed E-state index contributed by atoms with van der Waals surface area (Å²) in [6.07, 6.45) is 1.51. The molecule has 2 aromatic rings. The minimum Gasteiger partial charge on any atom is -0.489 e. The van der Waals surface area contributed by atoms with E-state index in [1.54, 1.807) is 6.07 Å². The maximum atomic E-state index is 13.1. The summed E-state index contributed by atoms with van der Waals surface area (Å²) in [4.78, 5) is 21.3. The average Bonchev–Trinajstić information content (AvgIpc) is 2.64. The second-order valence-electron chi connectivity index (χ2n) is 5.19. The molecule has 0 N–H and O–H groups in total. The number of para-hydroxylation sites is 1. The first-order valence-corrected chi connectivity index (χ1v) is 9.37. The number of sulfonamides is 1. The molecule has 0 fully saturated rings. The Labute approximate surface area is 160 Å². The fourth-order valence-electron chi connectivity index (χ4n) is 2.26. The van der Waals surface area contributed by atoms with Gasteiger partial charge in [0.2, 0.25) is 5.24 Å². The Hall–Kier alpha value is -2.91. The molecule has 0 aromatic heterocycles. The van der Waals surface area contributed by atoms with Crippen LogP contribution in [0.5, 0.6) is 5.75 Å². The molecule has 0 amide bonds. The zero-order valence-electron chi connectivity index (χ0n) is 13.9. The number of ether oxygens (including phenoxy) is 1. The SMILES string of the molecule is C=CCOc1cccc(N(CC(=O)Cl)S(=O)(=O)c2ccccc2[N+](=O)[O-])c1. The number of carbonyl (C=O) groups excluding carboxylic acids is 1. The zero-order chi connectivity index (χ0) is 20.0. The van der Waals surface area contributed by atoms with E-state index in [9.17, 15) is 23.3 Å². The van der Waals surface area contributed by atoms with E-state index in [4.69, 9.17) is 16.3 Å². The van der Waals surface area contributed by atoms with Crippen LogP contribution in [-0.2, 0) is 14.8 Å². The Bertz CT molecular complexity index is 977. The molecule has 8 nitrogen and oxygen atoms in total. The van der Waals surface area contributed by atoms with Gasteiger partial charge in [0.15, 0.2) is 4.90 Å². The van der Waals surface area contributed by atoms with Crippen LogP contribution in [0.2, 0.25) is 0 Å². The van der Waals surface area contributed by atoms with Crippen molar-refractivity contribution in [1.29, 1.82) is 0 Å². The van der Waals surface area contributed by atoms with E-state index in [1.165, 1.54) is 36.4 Å². The van der Waals surface area contributed by atoms with Gasteiger partial charge < -0.3 is 4.74 Å². The third kappa shape index (κ3) is 4.83. The summed E-state index contributed by atoms with van der Waals surface area (Å²) < 4.78 is 32.2. The van der Waals surface area contributed by atoms with E-state index >= 15 is 0 Å². The Morgan fingerprint density at radius 2 is 1.96 bits per heavy atom. The van der Waals surface area contributed by atoms with Crippen LogP contribution in [0.25, 0.3) is 0 Å². The van der Waals surface area contributed by atoms with Gasteiger partial charge in [-0.25, -0.2) is 8.42 Å². The summed E-state index contributed by atoms with van der Waals surface area (Å²) in [5.74, 6) is 0.331. The molecule has 0 aliphatic heterocycles. The summed E-state index contributed by atoms with van der Waals surface area (Å²) in [6.45, 7) is 3.00. The molecule has 0 saturated carbocycles. The Morgan fingerprint density at radius 1 is 1.26 bits per heavy atom. The van der Waals surface area contributed by atoms with Crippen LogP contribution in [0.1, 0.15) is 0 Å². The highest BCUT2D eigenvalue weighted by atomic mass is 35.5. The van der Waals surface area contributed by atoms with Gasteiger partial charge in [-0.1, -0.05) is 30.9 Å². The van der Waals surface area contributed by atoms with Gasteiger partial charge in [0.05, 0.1) is 10.6 Å². The van der Waals surface area contributed by atoms with Crippen molar-refractivity contribution in [2.24, 2.45) is 0 Å². The number of benzene rings is 2. The molecule has 0 aliphatic rings. The van der Waals surface area contributed by atoms with E-state index in [1.807, 2.05) is 0 Å². The maximum absolute atomic E-state index is 13.1. The van der Waals surface area contributed by atoms with E-state index < -0.39 is 37.3 Å². The minimum atomic E-state index is -4.45. The van der Waals surface area contributed by atoms with Crippen molar-refractivity contribution in [3.05, 3.63) is 71.3 Å². The quantitative estimate of drug-likeness (QED) is 0.272. The standard InChI is InChI=1S/C17H15ClN2O6S/c1-2-10-26-14-7-5-6-13(11-14)19(12-17(18)21)27(24,25)16-9-4-3-8-15(16)20(22)23/h2-9,11H,1,10,12H2. The van der Waals surface area contributed by atoms with Gasteiger partial charge in [-0.05, 0) is 29.8 Å². The van der Waals surface area contributed by atoms with Gasteiger partial charge in [0, 0.05) is 12.1 Å². The molecule has 0 radical (unpaired) electrons. The number of hydrogen-bond acceptors (Lipinski definition) is 6. The van der Waals surface area contributed by atoms with Crippen LogP contribution < -0.4 is 9.04 Å². The predicted octanol–water partition coefficient (Wildman–Crippen LogP) is 3.12. The highest BCUT2D eigenvalue weighted by Gasteiger charge is 2.32. The number of rotatable bonds is 9. The minimum absolute atomic E-state index is 0.0729. The first-order valence-electron chi connectivity index (χ1n) is 7.55. The molecule has 10 heteroatoms. The van der Waals surface area contributed by atoms with Crippen LogP contribution in [0.4, 0.5) is 11.4 Å². The topological polar surface area (TPSA) is 107 Å². The number of nitro benzene ring substituents is 1. The van der Waals surface area contributed by atoms with Crippen molar-refractivity contribution in [3.8, 4) is 5.75 Å². The number of halogens is 1. The molecule has 142 valence electrons. The van der Waals surface area contributed by atoms with Crippen LogP contribution in [0.3, 0.4) is 0 Å². The monoisotopic (exact) mass is 410 g/mol. The lowest BCUT2D eigenvalue weighted by atomic mass is 10.3. The highest BCUT2D eigenvalue weighted by molar-refractivity contribution is 7.93. The molecule has 0 atom stereocenters. The summed E-state index contributed by atoms with van der Waals surface area (Å²) in [6, 6.07) is 10.8. The number of nitro groups is 1. The van der Waals surface area contributed by atoms with Crippen molar-refractivity contribution >= 4 is 38.2 Å². The van der Waals surface area contributed by atoms with E-state index in [2.05, 4.69) is 6.58 Å². The molecule has 27 heavy (non-hydrogen) atoms. The van der Waals surface area contributed by atoms with Crippen LogP contribution in [0.15, 0.2) is 66.1 Å². The molecule has 0 unspecified atom stereocenters. The number of nitrogens with zero attached hydrogens (tertiary/aromatic N) is 2. The van der Waals surface area contributed by atoms with Crippen molar-refractivity contribution in [3.63, 3.8) is 0 Å². The predicted molar refractivity (Wildman–Crippen MR) is 101 cm³/mol. The van der Waals surface area contributed by atoms with Gasteiger partial charge in [-0.3, -0.25) is 19.2 Å². The number of hydrogen-bond donors (Lipinski definition) is 0. The highest BCUT2D eigenvalue weighted by Crippen LogP contribution is 2.31. The number of carbonyl (C=O) groups is 1. The maximum Gasteiger partial charge on any atom is 0.289 e. The van der Waals surface area contributed by atoms with Crippen molar-refractivity contribution < 1.29 is 22.9 Å². The molecular weight excluding hydrogens is 396 g/mol. The first-order chi connectivity index (χ1) is 12.8. The normalized spacial score (nSPS) is 10.9. The lowest BCUT2D eigenvalue weighted by molar-refractivity contribution is -0.387. The van der Waals surface area contributed by atoms with Crippen molar-refractivity contribution in [2.45, 2.75) is 4.90 Å². The molecule has 0 spiro atoms. The fourth-order valence-corrected chi connectivity index (χ4v) is 4.02. The number of anilines is 1. The molecular formula is C17H15ClN2O6S. The average molecular weight is 411 g/mol. The second-order valence-corrected chi connectivity index (χ2v) is 7.44. The van der Waals surface area contributed by atoms with Gasteiger partial charge in [-0.15, -0.1) is 0 Å². The van der Waals surface area contributed by atoms with E-state index in [-0.39, 0.29) is 12.3 Å². The molecule has 0 aliphatic carbocycles. The first kappa shape index (κ1) is 20.4. The van der Waals surface area contributed by atoms with Crippen molar-refractivity contribution in [1.82, 2.24) is 0 Å². The Balaban J connectivity index is 2.58.